The van der Waals surface area contributed by atoms with Gasteiger partial charge in [-0.05, 0) is 76.9 Å². The zero-order chi connectivity index (χ0) is 16.0. The van der Waals surface area contributed by atoms with Gasteiger partial charge in [-0.25, -0.2) is 0 Å². The SMILES string of the molecule is CCNCc1cc(Br)c(OC(C)C(=O)NC(C)C)c(Br)c1. The van der Waals surface area contributed by atoms with E-state index >= 15 is 0 Å². The maximum absolute atomic E-state index is 11.9. The van der Waals surface area contributed by atoms with E-state index in [1.54, 1.807) is 6.92 Å². The van der Waals surface area contributed by atoms with Crippen molar-refractivity contribution in [1.29, 1.82) is 0 Å². The predicted octanol–water partition coefficient (Wildman–Crippen LogP) is 3.61. The molecular weight excluding hydrogens is 400 g/mol. The van der Waals surface area contributed by atoms with Crippen LogP contribution in [0.15, 0.2) is 21.1 Å². The highest BCUT2D eigenvalue weighted by molar-refractivity contribution is 9.11. The zero-order valence-corrected chi connectivity index (χ0v) is 16.0. The second-order valence-corrected chi connectivity index (χ2v) is 6.80. The minimum absolute atomic E-state index is 0.0953. The van der Waals surface area contributed by atoms with Gasteiger partial charge < -0.3 is 15.4 Å². The Morgan fingerprint density at radius 3 is 2.29 bits per heavy atom. The molecule has 6 heteroatoms. The van der Waals surface area contributed by atoms with E-state index in [4.69, 9.17) is 4.74 Å². The van der Waals surface area contributed by atoms with E-state index in [9.17, 15) is 4.79 Å². The molecule has 2 N–H and O–H groups in total. The van der Waals surface area contributed by atoms with Gasteiger partial charge in [-0.1, -0.05) is 6.92 Å². The van der Waals surface area contributed by atoms with Gasteiger partial charge in [0.1, 0.15) is 5.75 Å². The lowest BCUT2D eigenvalue weighted by atomic mass is 10.2. The fourth-order valence-electron chi connectivity index (χ4n) is 1.73. The van der Waals surface area contributed by atoms with E-state index < -0.39 is 6.10 Å². The van der Waals surface area contributed by atoms with Gasteiger partial charge in [0.25, 0.3) is 5.91 Å². The minimum Gasteiger partial charge on any atom is -0.479 e. The van der Waals surface area contributed by atoms with E-state index in [2.05, 4.69) is 49.4 Å². The number of amides is 1. The molecule has 4 nitrogen and oxygen atoms in total. The van der Waals surface area contributed by atoms with Crippen molar-refractivity contribution in [1.82, 2.24) is 10.6 Å². The van der Waals surface area contributed by atoms with Crippen LogP contribution in [-0.2, 0) is 11.3 Å². The van der Waals surface area contributed by atoms with E-state index in [-0.39, 0.29) is 11.9 Å². The third kappa shape index (κ3) is 5.96. The molecule has 0 fully saturated rings. The summed E-state index contributed by atoms with van der Waals surface area (Å²) in [5, 5.41) is 6.11. The van der Waals surface area contributed by atoms with Gasteiger partial charge in [-0.2, -0.15) is 0 Å². The molecule has 0 aromatic heterocycles. The molecule has 0 aliphatic carbocycles. The monoisotopic (exact) mass is 420 g/mol. The van der Waals surface area contributed by atoms with Crippen molar-refractivity contribution in [3.05, 3.63) is 26.6 Å². The zero-order valence-electron chi connectivity index (χ0n) is 12.8. The largest absolute Gasteiger partial charge is 0.479 e. The molecule has 0 heterocycles. The number of carbonyl (C=O) groups excluding carboxylic acids is 1. The summed E-state index contributed by atoms with van der Waals surface area (Å²) < 4.78 is 7.43. The number of halogens is 2. The number of hydrogen-bond acceptors (Lipinski definition) is 3. The van der Waals surface area contributed by atoms with Gasteiger partial charge in [0.05, 0.1) is 8.95 Å². The molecule has 0 aliphatic rings. The second kappa shape index (κ2) is 8.76. The van der Waals surface area contributed by atoms with Crippen LogP contribution in [0.1, 0.15) is 33.3 Å². The first-order valence-electron chi connectivity index (χ1n) is 7.00. The molecule has 0 spiro atoms. The van der Waals surface area contributed by atoms with E-state index in [1.807, 2.05) is 26.0 Å². The molecule has 0 saturated carbocycles. The molecular formula is C15H22Br2N2O2. The van der Waals surface area contributed by atoms with Gasteiger partial charge >= 0.3 is 0 Å². The minimum atomic E-state index is -0.556. The van der Waals surface area contributed by atoms with Crippen LogP contribution in [-0.4, -0.2) is 24.6 Å². The molecule has 0 radical (unpaired) electrons. The van der Waals surface area contributed by atoms with Crippen molar-refractivity contribution in [2.24, 2.45) is 0 Å². The maximum Gasteiger partial charge on any atom is 0.260 e. The summed E-state index contributed by atoms with van der Waals surface area (Å²) in [7, 11) is 0. The molecule has 21 heavy (non-hydrogen) atoms. The number of carbonyl (C=O) groups is 1. The Morgan fingerprint density at radius 2 is 1.81 bits per heavy atom. The Kier molecular flexibility index (Phi) is 7.70. The number of rotatable bonds is 7. The first-order chi connectivity index (χ1) is 9.85. The summed E-state index contributed by atoms with van der Waals surface area (Å²) in [6, 6.07) is 4.09. The molecule has 1 rings (SSSR count). The second-order valence-electron chi connectivity index (χ2n) is 5.09. The Bertz CT molecular complexity index is 470. The number of ether oxygens (including phenoxy) is 1. The number of nitrogens with one attached hydrogen (secondary N) is 2. The van der Waals surface area contributed by atoms with E-state index in [0.717, 1.165) is 27.6 Å². The van der Waals surface area contributed by atoms with Crippen molar-refractivity contribution >= 4 is 37.8 Å². The van der Waals surface area contributed by atoms with Gasteiger partial charge in [0.15, 0.2) is 6.10 Å². The molecule has 0 saturated heterocycles. The summed E-state index contributed by atoms with van der Waals surface area (Å²) in [6.45, 7) is 9.36. The first kappa shape index (κ1) is 18.5. The van der Waals surface area contributed by atoms with Crippen molar-refractivity contribution in [3.8, 4) is 5.75 Å². The van der Waals surface area contributed by atoms with Crippen LogP contribution in [0.3, 0.4) is 0 Å². The molecule has 1 aromatic carbocycles. The quantitative estimate of drug-likeness (QED) is 0.706. The molecule has 0 bridgehead atoms. The Morgan fingerprint density at radius 1 is 1.24 bits per heavy atom. The lowest BCUT2D eigenvalue weighted by molar-refractivity contribution is -0.127. The number of hydrogen-bond donors (Lipinski definition) is 2. The maximum atomic E-state index is 11.9. The molecule has 1 unspecified atom stereocenters. The third-order valence-corrected chi connectivity index (χ3v) is 3.91. The van der Waals surface area contributed by atoms with Crippen LogP contribution < -0.4 is 15.4 Å². The Balaban J connectivity index is 2.81. The number of benzene rings is 1. The van der Waals surface area contributed by atoms with E-state index in [0.29, 0.717) is 5.75 Å². The average Bonchev–Trinajstić information content (AvgIpc) is 2.39. The average molecular weight is 422 g/mol. The molecule has 118 valence electrons. The fourth-order valence-corrected chi connectivity index (χ4v) is 3.20. The van der Waals surface area contributed by atoms with Crippen LogP contribution >= 0.6 is 31.9 Å². The fraction of sp³-hybridized carbons (Fsp3) is 0.533. The van der Waals surface area contributed by atoms with Gasteiger partial charge in [0, 0.05) is 12.6 Å². The van der Waals surface area contributed by atoms with E-state index in [1.165, 1.54) is 0 Å². The molecule has 1 atom stereocenters. The molecule has 0 aliphatic heterocycles. The van der Waals surface area contributed by atoms with Crippen molar-refractivity contribution in [2.45, 2.75) is 46.4 Å². The van der Waals surface area contributed by atoms with Crippen molar-refractivity contribution in [3.63, 3.8) is 0 Å². The lowest BCUT2D eigenvalue weighted by Crippen LogP contribution is -2.40. The summed E-state index contributed by atoms with van der Waals surface area (Å²) in [6.07, 6.45) is -0.556. The first-order valence-corrected chi connectivity index (χ1v) is 8.59. The van der Waals surface area contributed by atoms with Crippen molar-refractivity contribution < 1.29 is 9.53 Å². The summed E-state index contributed by atoms with van der Waals surface area (Å²) >= 11 is 7.01. The highest BCUT2D eigenvalue weighted by Gasteiger charge is 2.18. The topological polar surface area (TPSA) is 50.4 Å². The summed E-state index contributed by atoms with van der Waals surface area (Å²) in [5.74, 6) is 0.516. The van der Waals surface area contributed by atoms with Gasteiger partial charge in [-0.15, -0.1) is 0 Å². The van der Waals surface area contributed by atoms with Crippen LogP contribution in [0.2, 0.25) is 0 Å². The van der Waals surface area contributed by atoms with Gasteiger partial charge in [0.2, 0.25) is 0 Å². The van der Waals surface area contributed by atoms with Crippen molar-refractivity contribution in [2.75, 3.05) is 6.54 Å². The third-order valence-electron chi connectivity index (χ3n) is 2.73. The van der Waals surface area contributed by atoms with Gasteiger partial charge in [-0.3, -0.25) is 4.79 Å². The normalized spacial score (nSPS) is 12.3. The van der Waals surface area contributed by atoms with Crippen LogP contribution in [0, 0.1) is 0 Å². The highest BCUT2D eigenvalue weighted by atomic mass is 79.9. The highest BCUT2D eigenvalue weighted by Crippen LogP contribution is 2.35. The van der Waals surface area contributed by atoms with Crippen LogP contribution in [0.5, 0.6) is 5.75 Å². The Labute approximate surface area is 143 Å². The standard InChI is InChI=1S/C15H22Br2N2O2/c1-5-18-8-11-6-12(16)14(13(17)7-11)21-10(4)15(20)19-9(2)3/h6-7,9-10,18H,5,8H2,1-4H3,(H,19,20). The molecule has 1 amide bonds. The lowest BCUT2D eigenvalue weighted by Gasteiger charge is -2.19. The van der Waals surface area contributed by atoms with Crippen LogP contribution in [0.25, 0.3) is 0 Å². The predicted molar refractivity (Wildman–Crippen MR) is 92.6 cm³/mol. The molecule has 1 aromatic rings. The summed E-state index contributed by atoms with van der Waals surface area (Å²) in [4.78, 5) is 11.9. The van der Waals surface area contributed by atoms with Crippen LogP contribution in [0.4, 0.5) is 0 Å². The smallest absolute Gasteiger partial charge is 0.260 e. The summed E-state index contributed by atoms with van der Waals surface area (Å²) in [5.41, 5.74) is 1.14. The Hall–Kier alpha value is -0.590.